The molecule has 4 heavy (non-hydrogen) atoms. The molecule has 0 saturated carbocycles. The van der Waals surface area contributed by atoms with Crippen molar-refractivity contribution in [2.24, 2.45) is 0 Å². The van der Waals surface area contributed by atoms with Gasteiger partial charge in [0.1, 0.15) is 8.83 Å². The molecule has 0 nitrogen and oxygen atoms in total. The Balaban J connectivity index is 0. The van der Waals surface area contributed by atoms with Gasteiger partial charge < -0.3 is 0 Å². The lowest BCUT2D eigenvalue weighted by Crippen LogP contribution is -1.45. The van der Waals surface area contributed by atoms with Gasteiger partial charge in [-0.15, -0.1) is 0 Å². The lowest BCUT2D eigenvalue weighted by atomic mass is 11.9. The number of rotatable bonds is 0. The number of hydrogen-bond donors (Lipinski definition) is 0. The van der Waals surface area contributed by atoms with Crippen LogP contribution in [0.5, 0.6) is 0 Å². The molecule has 0 aliphatic rings. The first kappa shape index (κ1) is 8.83. The molecule has 0 aromatic heterocycles. The summed E-state index contributed by atoms with van der Waals surface area (Å²) in [6.45, 7) is 2.03. The van der Waals surface area contributed by atoms with Crippen molar-refractivity contribution < 1.29 is 0 Å². The van der Waals surface area contributed by atoms with Gasteiger partial charge in [0.25, 0.3) is 0 Å². The third kappa shape index (κ3) is 15.5. The molecule has 3 heteroatoms. The second-order valence-corrected chi connectivity index (χ2v) is 2.41. The molecule has 0 aliphatic heterocycles. The van der Waals surface area contributed by atoms with Crippen LogP contribution >= 0.6 is 11.1 Å². The first-order valence-electron chi connectivity index (χ1n) is 0.974. The van der Waals surface area contributed by atoms with E-state index in [1.54, 1.807) is 0 Å². The Bertz CT molecular complexity index is 6.00. The van der Waals surface area contributed by atoms with Crippen LogP contribution in [0.4, 0.5) is 0 Å². The van der Waals surface area contributed by atoms with Crippen LogP contribution in [0.15, 0.2) is 0 Å². The van der Waals surface area contributed by atoms with Crippen LogP contribution in [0.3, 0.4) is 0 Å². The summed E-state index contributed by atoms with van der Waals surface area (Å²) in [6.07, 6.45) is 0. The smallest absolute Gasteiger partial charge is 0.122 e. The molecule has 0 aromatic carbocycles. The fourth-order valence-electron chi connectivity index (χ4n) is 0. The maximum Gasteiger partial charge on any atom is 0.122 e. The second kappa shape index (κ2) is 9.30. The van der Waals surface area contributed by atoms with Crippen LogP contribution in [-0.4, -0.2) is 19.8 Å². The van der Waals surface area contributed by atoms with Crippen molar-refractivity contribution in [1.29, 1.82) is 0 Å². The summed E-state index contributed by atoms with van der Waals surface area (Å²) >= 11 is 5.14. The van der Waals surface area contributed by atoms with Gasteiger partial charge in [-0.1, -0.05) is 6.55 Å². The van der Waals surface area contributed by atoms with Crippen LogP contribution in [0.2, 0.25) is 6.55 Å². The van der Waals surface area contributed by atoms with Gasteiger partial charge in [0, 0.05) is 0 Å². The van der Waals surface area contributed by atoms with Gasteiger partial charge in [0.05, 0.1) is 0 Å². The molecular formula is CH9ClSi2. The highest BCUT2D eigenvalue weighted by Crippen LogP contribution is 1.54. The van der Waals surface area contributed by atoms with Crippen molar-refractivity contribution in [1.82, 2.24) is 0 Å². The molecule has 0 N–H and O–H groups in total. The molecule has 0 spiro atoms. The van der Waals surface area contributed by atoms with Gasteiger partial charge in [0.15, 0.2) is 0 Å². The number of halogens is 1. The monoisotopic (exact) mass is 112 g/mol. The third-order valence-electron chi connectivity index (χ3n) is 0. The maximum absolute atomic E-state index is 5.14. The molecule has 0 aliphatic carbocycles. The highest BCUT2D eigenvalue weighted by molar-refractivity contribution is 6.92. The van der Waals surface area contributed by atoms with E-state index in [4.69, 9.17) is 11.1 Å². The Morgan fingerprint density at radius 1 is 1.75 bits per heavy atom. The van der Waals surface area contributed by atoms with Crippen molar-refractivity contribution in [2.45, 2.75) is 6.55 Å². The van der Waals surface area contributed by atoms with Crippen molar-refractivity contribution in [3.63, 3.8) is 0 Å². The highest BCUT2D eigenvalue weighted by Gasteiger charge is 1.42. The third-order valence-corrected chi connectivity index (χ3v) is 0. The quantitative estimate of drug-likeness (QED) is 0.276. The van der Waals surface area contributed by atoms with E-state index in [-0.39, 0.29) is 19.8 Å². The van der Waals surface area contributed by atoms with Gasteiger partial charge in [-0.2, -0.15) is 11.1 Å². The molecule has 0 fully saturated rings. The standard InChI is InChI=1S/CH5ClSi.H4Si/c1-3-2;/h3H2,1H3;1H4. The minimum atomic E-state index is -0.111. The lowest BCUT2D eigenvalue weighted by molar-refractivity contribution is 2.37. The fraction of sp³-hybridized carbons (Fsp3) is 1.00. The molecule has 0 radical (unpaired) electrons. The molecule has 0 bridgehead atoms. The Labute approximate surface area is 38.1 Å². The van der Waals surface area contributed by atoms with Crippen LogP contribution in [0, 0.1) is 0 Å². The van der Waals surface area contributed by atoms with E-state index in [2.05, 4.69) is 0 Å². The summed E-state index contributed by atoms with van der Waals surface area (Å²) in [5, 5.41) is 0. The SMILES string of the molecule is C[SiH2]Cl.[SiH4]. The predicted octanol–water partition coefficient (Wildman–Crippen LogP) is -1.09. The topological polar surface area (TPSA) is 0 Å². The molecule has 0 amide bonds. The zero-order valence-corrected chi connectivity index (χ0v) is 4.26. The number of hydrogen-bond acceptors (Lipinski definition) is 0. The minimum Gasteiger partial charge on any atom is -0.176 e. The first-order valence-corrected chi connectivity index (χ1v) is 4.53. The molecule has 0 rings (SSSR count). The zero-order chi connectivity index (χ0) is 2.71. The summed E-state index contributed by atoms with van der Waals surface area (Å²) in [4.78, 5) is 0. The summed E-state index contributed by atoms with van der Waals surface area (Å²) in [5.74, 6) is 0. The summed E-state index contributed by atoms with van der Waals surface area (Å²) in [6, 6.07) is 0. The average molecular weight is 113 g/mol. The van der Waals surface area contributed by atoms with E-state index in [0.29, 0.717) is 0 Å². The van der Waals surface area contributed by atoms with Crippen LogP contribution < -0.4 is 0 Å². The molecule has 0 saturated heterocycles. The van der Waals surface area contributed by atoms with E-state index in [1.165, 1.54) is 0 Å². The average Bonchev–Trinajstić information content (AvgIpc) is 0.918. The van der Waals surface area contributed by atoms with Gasteiger partial charge >= 0.3 is 0 Å². The zero-order valence-electron chi connectivity index (χ0n) is 2.09. The molecule has 0 unspecified atom stereocenters. The molecule has 0 atom stereocenters. The van der Waals surface area contributed by atoms with E-state index in [9.17, 15) is 0 Å². The van der Waals surface area contributed by atoms with Gasteiger partial charge in [-0.05, 0) is 11.0 Å². The maximum atomic E-state index is 5.14. The van der Waals surface area contributed by atoms with Crippen LogP contribution in [0.25, 0.3) is 0 Å². The van der Waals surface area contributed by atoms with Gasteiger partial charge in [0.2, 0.25) is 0 Å². The Morgan fingerprint density at radius 2 is 1.75 bits per heavy atom. The second-order valence-electron chi connectivity index (χ2n) is 0.267. The first-order chi connectivity index (χ1) is 1.41. The molecular weight excluding hydrogens is 104 g/mol. The van der Waals surface area contributed by atoms with Crippen LogP contribution in [0.1, 0.15) is 0 Å². The van der Waals surface area contributed by atoms with E-state index >= 15 is 0 Å². The largest absolute Gasteiger partial charge is 0.176 e. The minimum absolute atomic E-state index is 0. The summed E-state index contributed by atoms with van der Waals surface area (Å²) in [7, 11) is -0.111. The van der Waals surface area contributed by atoms with Crippen molar-refractivity contribution in [2.75, 3.05) is 0 Å². The summed E-state index contributed by atoms with van der Waals surface area (Å²) < 4.78 is 0. The Morgan fingerprint density at radius 3 is 1.75 bits per heavy atom. The van der Waals surface area contributed by atoms with Crippen molar-refractivity contribution in [3.8, 4) is 0 Å². The van der Waals surface area contributed by atoms with E-state index in [1.807, 2.05) is 6.55 Å². The van der Waals surface area contributed by atoms with Gasteiger partial charge in [-0.25, -0.2) is 0 Å². The molecule has 0 heterocycles. The summed E-state index contributed by atoms with van der Waals surface area (Å²) in [5.41, 5.74) is 0. The Kier molecular flexibility index (Phi) is 20.5. The molecule has 28 valence electrons. The predicted molar refractivity (Wildman–Crippen MR) is 31.6 cm³/mol. The fourth-order valence-corrected chi connectivity index (χ4v) is 0. The normalized spacial score (nSPS) is 7.50. The lowest BCUT2D eigenvalue weighted by Gasteiger charge is -1.42. The van der Waals surface area contributed by atoms with Gasteiger partial charge in [-0.3, -0.25) is 0 Å². The van der Waals surface area contributed by atoms with Crippen molar-refractivity contribution in [3.05, 3.63) is 0 Å². The Hall–Kier alpha value is 0.724. The van der Waals surface area contributed by atoms with Crippen LogP contribution in [-0.2, 0) is 0 Å². The molecule has 0 aromatic rings. The van der Waals surface area contributed by atoms with Crippen molar-refractivity contribution >= 4 is 30.9 Å². The highest BCUT2D eigenvalue weighted by atomic mass is 35.6. The van der Waals surface area contributed by atoms with E-state index < -0.39 is 0 Å². The van der Waals surface area contributed by atoms with E-state index in [0.717, 1.165) is 0 Å².